The maximum absolute atomic E-state index is 15.8. The van der Waals surface area contributed by atoms with Crippen molar-refractivity contribution in [1.29, 1.82) is 0 Å². The number of nitrogens with one attached hydrogen (secondary N) is 3. The van der Waals surface area contributed by atoms with Crippen LogP contribution in [0.3, 0.4) is 0 Å². The number of nitrogens with zero attached hydrogens (tertiary/aromatic N) is 5. The van der Waals surface area contributed by atoms with E-state index in [4.69, 9.17) is 16.6 Å². The lowest BCUT2D eigenvalue weighted by molar-refractivity contribution is -0.123. The minimum atomic E-state index is -3.40. The monoisotopic (exact) mass is 826 g/mol. The van der Waals surface area contributed by atoms with Crippen LogP contribution in [-0.2, 0) is 46.5 Å². The van der Waals surface area contributed by atoms with Gasteiger partial charge in [-0.2, -0.15) is 19.0 Å². The first kappa shape index (κ1) is 41.3. The molecule has 4 atom stereocenters. The van der Waals surface area contributed by atoms with Gasteiger partial charge in [-0.15, -0.1) is 0 Å². The summed E-state index contributed by atoms with van der Waals surface area (Å²) in [5.74, 6) is -2.72. The van der Waals surface area contributed by atoms with Crippen molar-refractivity contribution in [1.82, 2.24) is 29.9 Å². The van der Waals surface area contributed by atoms with E-state index < -0.39 is 76.1 Å². The van der Waals surface area contributed by atoms with Gasteiger partial charge in [-0.3, -0.25) is 23.7 Å². The average Bonchev–Trinajstić information content (AvgIpc) is 3.67. The Morgan fingerprint density at radius 2 is 1.74 bits per heavy atom. The number of fused-ring (bicyclic) bond motifs is 2. The van der Waals surface area contributed by atoms with Crippen LogP contribution in [0.1, 0.15) is 74.8 Å². The minimum Gasteiger partial charge on any atom is -0.378 e. The molecule has 3 aromatic heterocycles. The highest BCUT2D eigenvalue weighted by Gasteiger charge is 2.54. The molecule has 0 bridgehead atoms. The summed E-state index contributed by atoms with van der Waals surface area (Å²) in [6.45, 7) is 6.41. The normalized spacial score (nSPS) is 17.1. The number of aryl methyl sites for hydroxylation is 1. The third-order valence-electron chi connectivity index (χ3n) is 9.59. The average molecular weight is 827 g/mol. The second-order valence-electron chi connectivity index (χ2n) is 14.5. The smallest absolute Gasteiger partial charge is 0.292 e. The van der Waals surface area contributed by atoms with Crippen LogP contribution >= 0.6 is 11.6 Å². The van der Waals surface area contributed by atoms with Gasteiger partial charge in [-0.1, -0.05) is 37.4 Å². The second kappa shape index (κ2) is 15.6. The van der Waals surface area contributed by atoms with Gasteiger partial charge in [0.25, 0.3) is 5.92 Å². The predicted molar refractivity (Wildman–Crippen MR) is 209 cm³/mol. The molecular weight excluding hydrogens is 788 g/mol. The largest absolute Gasteiger partial charge is 0.378 e. The van der Waals surface area contributed by atoms with E-state index in [1.165, 1.54) is 38.6 Å². The second-order valence-corrected chi connectivity index (χ2v) is 16.1. The van der Waals surface area contributed by atoms with Crippen molar-refractivity contribution in [2.45, 2.75) is 71.1 Å². The van der Waals surface area contributed by atoms with Crippen molar-refractivity contribution >= 4 is 56.9 Å². The Kier molecular flexibility index (Phi) is 11.3. The van der Waals surface area contributed by atoms with Gasteiger partial charge < -0.3 is 15.7 Å². The van der Waals surface area contributed by atoms with Gasteiger partial charge in [-0.05, 0) is 68.0 Å². The summed E-state index contributed by atoms with van der Waals surface area (Å²) in [6, 6.07) is 8.20. The summed E-state index contributed by atoms with van der Waals surface area (Å²) in [5, 5.41) is 25.1. The number of aromatic nitrogens is 5. The van der Waals surface area contributed by atoms with E-state index in [1.54, 1.807) is 38.2 Å². The standard InChI is InChI=1S/C39H39ClF4N8O4S/c1-19-20(2)39(43,44)35-31(19)36(45-21(3)53)49-52(35)18-30(54)47-29(16-22-14-23(41)17-24(42)15-22)33-26(9-8-25(46-33)12-13-38(4,5)55)27-10-11-28(40)32-34(27)51(6)48-37(32)50-57(7)56/h8-11,14-15,17,19-20,29,55H,16,18H2,1-7H3,(H,47,54)(H,48,50)(H,45,49,53)/t19-,20-,29-,57?/m0/s1. The Hall–Kier alpha value is -5.31. The van der Waals surface area contributed by atoms with Crippen molar-refractivity contribution in [3.8, 4) is 23.0 Å². The third-order valence-corrected chi connectivity index (χ3v) is 10.4. The zero-order valence-corrected chi connectivity index (χ0v) is 33.5. The summed E-state index contributed by atoms with van der Waals surface area (Å²) < 4.78 is 78.1. The lowest BCUT2D eigenvalue weighted by atomic mass is 9.93. The zero-order chi connectivity index (χ0) is 41.7. The van der Waals surface area contributed by atoms with Crippen LogP contribution in [-0.4, -0.2) is 57.5 Å². The van der Waals surface area contributed by atoms with E-state index in [9.17, 15) is 27.7 Å². The third kappa shape index (κ3) is 8.53. The first-order chi connectivity index (χ1) is 26.6. The van der Waals surface area contributed by atoms with Gasteiger partial charge in [0.05, 0.1) is 27.7 Å². The van der Waals surface area contributed by atoms with Gasteiger partial charge in [-0.25, -0.2) is 18.0 Å². The van der Waals surface area contributed by atoms with Crippen molar-refractivity contribution in [3.05, 3.63) is 87.3 Å². The molecule has 0 saturated heterocycles. The number of amides is 2. The quantitative estimate of drug-likeness (QED) is 0.0927. The highest BCUT2D eigenvalue weighted by molar-refractivity contribution is 7.85. The molecule has 4 N–H and O–H groups in total. The molecule has 57 heavy (non-hydrogen) atoms. The maximum Gasteiger partial charge on any atom is 0.292 e. The van der Waals surface area contributed by atoms with Gasteiger partial charge in [0.2, 0.25) is 11.8 Å². The number of benzene rings is 2. The van der Waals surface area contributed by atoms with Crippen LogP contribution in [0.15, 0.2) is 42.5 Å². The molecule has 0 fully saturated rings. The molecule has 0 radical (unpaired) electrons. The summed E-state index contributed by atoms with van der Waals surface area (Å²) in [5.41, 5.74) is -0.0262. The molecule has 2 amide bonds. The van der Waals surface area contributed by atoms with Gasteiger partial charge >= 0.3 is 0 Å². The number of aliphatic hydroxyl groups is 1. The van der Waals surface area contributed by atoms with Gasteiger partial charge in [0.1, 0.15) is 46.2 Å². The number of halogens is 5. The van der Waals surface area contributed by atoms with E-state index in [1.807, 2.05) is 0 Å². The molecule has 2 aromatic carbocycles. The molecule has 1 aliphatic carbocycles. The molecule has 0 spiro atoms. The van der Waals surface area contributed by atoms with E-state index in [0.29, 0.717) is 28.1 Å². The SMILES string of the molecule is CC(=O)Nc1nn(CC(=O)N[C@@H](Cc2cc(F)cc(F)c2)c2nc(C#CC(C)(C)O)ccc2-c2ccc(Cl)c3c(NS(C)=O)nn(C)c23)c2c1[C@@H](C)[C@H](C)C2(F)F. The predicted octanol–water partition coefficient (Wildman–Crippen LogP) is 6.49. The molecule has 12 nitrogen and oxygen atoms in total. The summed E-state index contributed by atoms with van der Waals surface area (Å²) in [6.07, 6.45) is 1.18. The van der Waals surface area contributed by atoms with Crippen LogP contribution in [0.5, 0.6) is 0 Å². The fraction of sp³-hybridized carbons (Fsp3) is 0.359. The van der Waals surface area contributed by atoms with E-state index in [-0.39, 0.29) is 45.6 Å². The molecule has 6 rings (SSSR count). The number of anilines is 2. The molecule has 0 saturated carbocycles. The number of alkyl halides is 2. The lowest BCUT2D eigenvalue weighted by Crippen LogP contribution is -2.35. The van der Waals surface area contributed by atoms with Crippen LogP contribution in [0.4, 0.5) is 29.2 Å². The van der Waals surface area contributed by atoms with E-state index >= 15 is 8.78 Å². The van der Waals surface area contributed by atoms with Gasteiger partial charge in [0, 0.05) is 48.9 Å². The molecule has 0 aliphatic heterocycles. The first-order valence-electron chi connectivity index (χ1n) is 17.7. The first-order valence-corrected chi connectivity index (χ1v) is 19.6. The molecule has 1 unspecified atom stereocenters. The topological polar surface area (TPSA) is 156 Å². The van der Waals surface area contributed by atoms with Crippen molar-refractivity contribution < 1.29 is 36.5 Å². The summed E-state index contributed by atoms with van der Waals surface area (Å²) in [7, 11) is 0.125. The van der Waals surface area contributed by atoms with Crippen molar-refractivity contribution in [3.63, 3.8) is 0 Å². The lowest BCUT2D eigenvalue weighted by Gasteiger charge is -2.23. The summed E-state index contributed by atoms with van der Waals surface area (Å²) in [4.78, 5) is 30.9. The number of carbonyl (C=O) groups excluding carboxylic acids is 2. The molecule has 300 valence electrons. The molecule has 1 aliphatic rings. The van der Waals surface area contributed by atoms with Crippen LogP contribution in [0, 0.1) is 29.4 Å². The molecule has 5 aromatic rings. The number of hydrogen-bond acceptors (Lipinski definition) is 7. The number of hydrogen-bond donors (Lipinski definition) is 4. The highest BCUT2D eigenvalue weighted by atomic mass is 35.5. The number of pyridine rings is 1. The Labute approximate surface area is 333 Å². The summed E-state index contributed by atoms with van der Waals surface area (Å²) >= 11 is 6.66. The Bertz CT molecular complexity index is 2500. The minimum absolute atomic E-state index is 0.0839. The van der Waals surface area contributed by atoms with Gasteiger partial charge in [0.15, 0.2) is 11.6 Å². The number of carbonyl (C=O) groups is 2. The number of rotatable bonds is 10. The highest BCUT2D eigenvalue weighted by Crippen LogP contribution is 2.54. The molecule has 3 heterocycles. The van der Waals surface area contributed by atoms with Crippen molar-refractivity contribution in [2.24, 2.45) is 13.0 Å². The van der Waals surface area contributed by atoms with Crippen LogP contribution < -0.4 is 15.4 Å². The van der Waals surface area contributed by atoms with Crippen LogP contribution in [0.25, 0.3) is 22.0 Å². The Balaban J connectivity index is 1.53. The van der Waals surface area contributed by atoms with E-state index in [0.717, 1.165) is 16.8 Å². The fourth-order valence-corrected chi connectivity index (χ4v) is 7.68. The van der Waals surface area contributed by atoms with Crippen LogP contribution in [0.2, 0.25) is 5.02 Å². The van der Waals surface area contributed by atoms with Crippen molar-refractivity contribution in [2.75, 3.05) is 16.3 Å². The maximum atomic E-state index is 15.8. The Morgan fingerprint density at radius 1 is 1.07 bits per heavy atom. The fourth-order valence-electron chi connectivity index (χ4n) is 7.03. The van der Waals surface area contributed by atoms with E-state index in [2.05, 4.69) is 37.4 Å². The molecular formula is C39H39ClF4N8O4S. The zero-order valence-electron chi connectivity index (χ0n) is 31.9. The molecule has 18 heteroatoms. The Morgan fingerprint density at radius 3 is 2.37 bits per heavy atom.